The Morgan fingerprint density at radius 2 is 2.15 bits per heavy atom. The molecule has 0 aliphatic rings. The number of benzene rings is 1. The molecule has 1 aromatic carbocycles. The standard InChI is InChI=1S/C18H16ClN5O2/c1-26-9-3-7-23-8-6-14-15(17(23)25)16(12-4-2-5-13(19)10-12)24-18(22-14)20-11-21-24/h2,4-6,8,10-11H,3,7,9H2,1H3. The van der Waals surface area contributed by atoms with E-state index in [0.717, 1.165) is 12.0 Å². The van der Waals surface area contributed by atoms with Gasteiger partial charge in [-0.1, -0.05) is 23.7 Å². The molecule has 7 nitrogen and oxygen atoms in total. The molecule has 3 aromatic heterocycles. The van der Waals surface area contributed by atoms with Crippen LogP contribution in [0.2, 0.25) is 5.02 Å². The zero-order valence-electron chi connectivity index (χ0n) is 14.1. The number of nitrogens with zero attached hydrogens (tertiary/aromatic N) is 5. The monoisotopic (exact) mass is 369 g/mol. The molecular formula is C18H16ClN5O2. The highest BCUT2D eigenvalue weighted by molar-refractivity contribution is 6.30. The Balaban J connectivity index is 2.03. The Bertz CT molecular complexity index is 1150. The van der Waals surface area contributed by atoms with Gasteiger partial charge in [-0.05, 0) is 24.6 Å². The number of pyridine rings is 1. The van der Waals surface area contributed by atoms with Crippen LogP contribution in [0.3, 0.4) is 0 Å². The first-order valence-electron chi connectivity index (χ1n) is 8.17. The Morgan fingerprint density at radius 1 is 1.27 bits per heavy atom. The van der Waals surface area contributed by atoms with Gasteiger partial charge in [-0.3, -0.25) is 4.79 Å². The van der Waals surface area contributed by atoms with Gasteiger partial charge in [-0.15, -0.1) is 0 Å². The van der Waals surface area contributed by atoms with Crippen molar-refractivity contribution < 1.29 is 4.74 Å². The molecule has 8 heteroatoms. The lowest BCUT2D eigenvalue weighted by Gasteiger charge is -2.11. The van der Waals surface area contributed by atoms with Gasteiger partial charge >= 0.3 is 0 Å². The number of hydrogen-bond acceptors (Lipinski definition) is 5. The second-order valence-electron chi connectivity index (χ2n) is 5.86. The summed E-state index contributed by atoms with van der Waals surface area (Å²) >= 11 is 6.17. The van der Waals surface area contributed by atoms with Crippen LogP contribution < -0.4 is 5.56 Å². The minimum atomic E-state index is -0.126. The van der Waals surface area contributed by atoms with E-state index in [1.165, 1.54) is 6.33 Å². The summed E-state index contributed by atoms with van der Waals surface area (Å²) in [5.74, 6) is 0.434. The summed E-state index contributed by atoms with van der Waals surface area (Å²) < 4.78 is 8.32. The topological polar surface area (TPSA) is 74.3 Å². The predicted octanol–water partition coefficient (Wildman–Crippen LogP) is 2.80. The van der Waals surface area contributed by atoms with Gasteiger partial charge < -0.3 is 9.30 Å². The normalized spacial score (nSPS) is 11.5. The number of methoxy groups -OCH3 is 1. The molecule has 132 valence electrons. The zero-order valence-corrected chi connectivity index (χ0v) is 14.8. The summed E-state index contributed by atoms with van der Waals surface area (Å²) in [4.78, 5) is 21.8. The number of aromatic nitrogens is 5. The van der Waals surface area contributed by atoms with Crippen LogP contribution >= 0.6 is 11.6 Å². The molecule has 0 fully saturated rings. The maximum atomic E-state index is 13.2. The molecule has 26 heavy (non-hydrogen) atoms. The number of ether oxygens (including phenoxy) is 1. The van der Waals surface area contributed by atoms with Gasteiger partial charge in [0, 0.05) is 37.0 Å². The summed E-state index contributed by atoms with van der Waals surface area (Å²) in [6.07, 6.45) is 3.92. The van der Waals surface area contributed by atoms with Gasteiger partial charge in [0.05, 0.1) is 16.6 Å². The van der Waals surface area contributed by atoms with E-state index in [9.17, 15) is 4.79 Å². The van der Waals surface area contributed by atoms with E-state index >= 15 is 0 Å². The van der Waals surface area contributed by atoms with Gasteiger partial charge in [0.15, 0.2) is 0 Å². The number of aryl methyl sites for hydroxylation is 1. The smallest absolute Gasteiger partial charge is 0.262 e. The van der Waals surface area contributed by atoms with E-state index < -0.39 is 0 Å². The van der Waals surface area contributed by atoms with Crippen molar-refractivity contribution in [2.75, 3.05) is 13.7 Å². The van der Waals surface area contributed by atoms with E-state index in [4.69, 9.17) is 16.3 Å². The number of hydrogen-bond donors (Lipinski definition) is 0. The lowest BCUT2D eigenvalue weighted by atomic mass is 10.1. The SMILES string of the molecule is COCCCn1ccc2nc3ncnn3c(-c3cccc(Cl)c3)c2c1=O. The van der Waals surface area contributed by atoms with E-state index in [2.05, 4.69) is 15.1 Å². The molecule has 0 N–H and O–H groups in total. The molecule has 0 bridgehead atoms. The molecule has 0 aliphatic carbocycles. The second-order valence-corrected chi connectivity index (χ2v) is 6.30. The third kappa shape index (κ3) is 2.85. The van der Waals surface area contributed by atoms with Crippen molar-refractivity contribution >= 4 is 28.3 Å². The quantitative estimate of drug-likeness (QED) is 0.506. The van der Waals surface area contributed by atoms with Crippen LogP contribution in [0.4, 0.5) is 0 Å². The first-order valence-corrected chi connectivity index (χ1v) is 8.54. The van der Waals surface area contributed by atoms with Crippen LogP contribution in [-0.2, 0) is 11.3 Å². The average molecular weight is 370 g/mol. The van der Waals surface area contributed by atoms with Crippen LogP contribution in [0.15, 0.2) is 47.7 Å². The van der Waals surface area contributed by atoms with Crippen molar-refractivity contribution in [3.63, 3.8) is 0 Å². The van der Waals surface area contributed by atoms with Gasteiger partial charge in [-0.25, -0.2) is 4.98 Å². The minimum Gasteiger partial charge on any atom is -0.385 e. The fraction of sp³-hybridized carbons (Fsp3) is 0.222. The van der Waals surface area contributed by atoms with Crippen molar-refractivity contribution in [3.05, 3.63) is 58.2 Å². The van der Waals surface area contributed by atoms with E-state index in [1.807, 2.05) is 18.2 Å². The van der Waals surface area contributed by atoms with Crippen LogP contribution in [0, 0.1) is 0 Å². The molecule has 4 aromatic rings. The highest BCUT2D eigenvalue weighted by Gasteiger charge is 2.17. The number of halogens is 1. The van der Waals surface area contributed by atoms with Crippen molar-refractivity contribution in [1.29, 1.82) is 0 Å². The highest BCUT2D eigenvalue weighted by Crippen LogP contribution is 2.27. The lowest BCUT2D eigenvalue weighted by molar-refractivity contribution is 0.190. The van der Waals surface area contributed by atoms with E-state index in [0.29, 0.717) is 40.5 Å². The minimum absolute atomic E-state index is 0.126. The molecule has 0 saturated heterocycles. The second kappa shape index (κ2) is 6.86. The van der Waals surface area contributed by atoms with Crippen LogP contribution in [-0.4, -0.2) is 37.9 Å². The third-order valence-electron chi connectivity index (χ3n) is 4.19. The van der Waals surface area contributed by atoms with Gasteiger partial charge in [-0.2, -0.15) is 14.6 Å². The summed E-state index contributed by atoms with van der Waals surface area (Å²) in [5.41, 5.74) is 1.87. The molecule has 4 rings (SSSR count). The Hall–Kier alpha value is -2.77. The fourth-order valence-electron chi connectivity index (χ4n) is 3.02. The van der Waals surface area contributed by atoms with Gasteiger partial charge in [0.1, 0.15) is 6.33 Å². The maximum absolute atomic E-state index is 13.2. The van der Waals surface area contributed by atoms with Crippen molar-refractivity contribution in [2.24, 2.45) is 0 Å². The van der Waals surface area contributed by atoms with Crippen LogP contribution in [0.1, 0.15) is 6.42 Å². The number of rotatable bonds is 5. The van der Waals surface area contributed by atoms with Crippen LogP contribution in [0.25, 0.3) is 27.9 Å². The summed E-state index contributed by atoms with van der Waals surface area (Å²) in [5, 5.41) is 5.32. The summed E-state index contributed by atoms with van der Waals surface area (Å²) in [7, 11) is 1.64. The van der Waals surface area contributed by atoms with Crippen molar-refractivity contribution in [1.82, 2.24) is 24.1 Å². The molecule has 0 aliphatic heterocycles. The van der Waals surface area contributed by atoms with Crippen molar-refractivity contribution in [2.45, 2.75) is 13.0 Å². The largest absolute Gasteiger partial charge is 0.385 e. The zero-order chi connectivity index (χ0) is 18.1. The first-order chi connectivity index (χ1) is 12.7. The van der Waals surface area contributed by atoms with E-state index in [-0.39, 0.29) is 5.56 Å². The van der Waals surface area contributed by atoms with E-state index in [1.54, 1.807) is 34.5 Å². The third-order valence-corrected chi connectivity index (χ3v) is 4.42. The average Bonchev–Trinajstić information content (AvgIpc) is 3.10. The predicted molar refractivity (Wildman–Crippen MR) is 99.5 cm³/mol. The lowest BCUT2D eigenvalue weighted by Crippen LogP contribution is -2.22. The highest BCUT2D eigenvalue weighted by atomic mass is 35.5. The van der Waals surface area contributed by atoms with Crippen molar-refractivity contribution in [3.8, 4) is 11.3 Å². The first kappa shape index (κ1) is 16.7. The molecule has 0 radical (unpaired) electrons. The molecule has 0 spiro atoms. The summed E-state index contributed by atoms with van der Waals surface area (Å²) in [6.45, 7) is 1.15. The molecule has 0 amide bonds. The molecule has 0 unspecified atom stereocenters. The Kier molecular flexibility index (Phi) is 4.40. The van der Waals surface area contributed by atoms with Gasteiger partial charge in [0.25, 0.3) is 11.3 Å². The maximum Gasteiger partial charge on any atom is 0.262 e. The summed E-state index contributed by atoms with van der Waals surface area (Å²) in [6, 6.07) is 9.15. The molecule has 0 atom stereocenters. The number of fused-ring (bicyclic) bond motifs is 2. The van der Waals surface area contributed by atoms with Gasteiger partial charge in [0.2, 0.25) is 0 Å². The molecular weight excluding hydrogens is 354 g/mol. The molecule has 0 saturated carbocycles. The Labute approximate surface area is 153 Å². The Morgan fingerprint density at radius 3 is 2.96 bits per heavy atom. The fourth-order valence-corrected chi connectivity index (χ4v) is 3.21. The van der Waals surface area contributed by atoms with Crippen LogP contribution in [0.5, 0.6) is 0 Å². The molecule has 3 heterocycles.